The van der Waals surface area contributed by atoms with E-state index in [1.807, 2.05) is 81.4 Å². The second-order valence-corrected chi connectivity index (χ2v) is 10.0. The molecule has 0 saturated heterocycles. The molecule has 3 amide bonds. The molecule has 0 aliphatic heterocycles. The molecule has 0 aromatic heterocycles. The molecule has 0 spiro atoms. The van der Waals surface area contributed by atoms with Crippen LogP contribution < -0.4 is 16.1 Å². The highest BCUT2D eigenvalue weighted by atomic mass is 16.5. The van der Waals surface area contributed by atoms with Crippen LogP contribution in [-0.2, 0) is 25.5 Å². The van der Waals surface area contributed by atoms with Crippen LogP contribution in [0.25, 0.3) is 0 Å². The van der Waals surface area contributed by atoms with Crippen molar-refractivity contribution in [2.24, 2.45) is 11.3 Å². The van der Waals surface area contributed by atoms with Crippen molar-refractivity contribution in [3.05, 3.63) is 71.8 Å². The first-order valence-electron chi connectivity index (χ1n) is 12.3. The van der Waals surface area contributed by atoms with Gasteiger partial charge in [0.05, 0.1) is 12.6 Å². The molecule has 2 aromatic carbocycles. The van der Waals surface area contributed by atoms with E-state index in [9.17, 15) is 14.4 Å². The Bertz CT molecular complexity index is 960. The third-order valence-corrected chi connectivity index (χ3v) is 6.05. The highest BCUT2D eigenvalue weighted by molar-refractivity contribution is 5.91. The van der Waals surface area contributed by atoms with Gasteiger partial charge in [0.1, 0.15) is 6.04 Å². The van der Waals surface area contributed by atoms with Gasteiger partial charge in [0.15, 0.2) is 0 Å². The van der Waals surface area contributed by atoms with Gasteiger partial charge >= 0.3 is 0 Å². The van der Waals surface area contributed by atoms with E-state index in [2.05, 4.69) is 10.6 Å². The number of hydrogen-bond donors (Lipinski definition) is 4. The maximum Gasteiger partial charge on any atom is 0.244 e. The van der Waals surface area contributed by atoms with Crippen LogP contribution in [0.4, 0.5) is 0 Å². The number of aryl methyl sites for hydroxylation is 1. The summed E-state index contributed by atoms with van der Waals surface area (Å²) in [6.07, 6.45) is 1.69. The lowest BCUT2D eigenvalue weighted by Gasteiger charge is -2.33. The van der Waals surface area contributed by atoms with Gasteiger partial charge in [-0.3, -0.25) is 19.6 Å². The Labute approximate surface area is 213 Å². The Morgan fingerprint density at radius 2 is 1.53 bits per heavy atom. The zero-order valence-electron chi connectivity index (χ0n) is 21.6. The molecule has 2 rings (SSSR count). The predicted octanol–water partition coefficient (Wildman–Crippen LogP) is 3.56. The van der Waals surface area contributed by atoms with E-state index in [0.29, 0.717) is 12.8 Å². The Morgan fingerprint density at radius 3 is 2.08 bits per heavy atom. The number of rotatable bonds is 13. The van der Waals surface area contributed by atoms with E-state index in [1.165, 1.54) is 0 Å². The normalized spacial score (nSPS) is 13.8. The van der Waals surface area contributed by atoms with Crippen molar-refractivity contribution in [3.8, 4) is 0 Å². The fraction of sp³-hybridized carbons (Fsp3) is 0.464. The highest BCUT2D eigenvalue weighted by Gasteiger charge is 2.36. The van der Waals surface area contributed by atoms with Gasteiger partial charge in [0.2, 0.25) is 17.7 Å². The Balaban J connectivity index is 2.13. The molecule has 196 valence electrons. The molecule has 4 N–H and O–H groups in total. The largest absolute Gasteiger partial charge is 0.382 e. The first kappa shape index (κ1) is 29.0. The molecule has 8 nitrogen and oxygen atoms in total. The minimum absolute atomic E-state index is 0.175. The number of carbonyl (C=O) groups is 3. The maximum atomic E-state index is 13.4. The van der Waals surface area contributed by atoms with Crippen LogP contribution >= 0.6 is 0 Å². The number of ether oxygens (including phenoxy) is 1. The summed E-state index contributed by atoms with van der Waals surface area (Å²) in [5.74, 6) is -2.07. The van der Waals surface area contributed by atoms with Crippen molar-refractivity contribution >= 4 is 17.7 Å². The molecule has 0 unspecified atom stereocenters. The molecule has 0 fully saturated rings. The first-order valence-corrected chi connectivity index (χ1v) is 12.3. The lowest BCUT2D eigenvalue weighted by atomic mass is 9.85. The van der Waals surface area contributed by atoms with Gasteiger partial charge in [-0.05, 0) is 35.8 Å². The monoisotopic (exact) mass is 497 g/mol. The Morgan fingerprint density at radius 1 is 0.917 bits per heavy atom. The average molecular weight is 498 g/mol. The number of nitrogens with one attached hydrogen (secondary N) is 3. The van der Waals surface area contributed by atoms with Crippen molar-refractivity contribution in [2.45, 2.75) is 58.5 Å². The summed E-state index contributed by atoms with van der Waals surface area (Å²) in [5, 5.41) is 14.9. The van der Waals surface area contributed by atoms with Gasteiger partial charge in [-0.25, -0.2) is 5.48 Å². The van der Waals surface area contributed by atoms with E-state index in [0.717, 1.165) is 17.5 Å². The van der Waals surface area contributed by atoms with Gasteiger partial charge in [-0.1, -0.05) is 81.4 Å². The summed E-state index contributed by atoms with van der Waals surface area (Å²) in [6.45, 7) is 5.89. The quantitative estimate of drug-likeness (QED) is 0.249. The predicted molar refractivity (Wildman–Crippen MR) is 138 cm³/mol. The number of carbonyl (C=O) groups excluding carboxylic acids is 3. The Kier molecular flexibility index (Phi) is 11.6. The second kappa shape index (κ2) is 14.4. The molecular formula is C28H39N3O5. The van der Waals surface area contributed by atoms with Crippen LogP contribution in [-0.4, -0.2) is 42.7 Å². The summed E-state index contributed by atoms with van der Waals surface area (Å²) in [7, 11) is 1.57. The minimum atomic E-state index is -0.845. The molecule has 36 heavy (non-hydrogen) atoms. The standard InChI is InChI=1S/C28H39N3O5/c1-28(2,3)25(27(34)29-23(19-36-4)21-15-9-6-10-16-21)30-26(33)22(18-24(32)31-35)17-11-14-20-12-7-5-8-13-20/h5-10,12-13,15-16,22-23,25,35H,11,14,17-19H2,1-4H3,(H,29,34)(H,30,33)(H,31,32)/t22-,23+,25-/m1/s1. The number of hydroxylamine groups is 1. The van der Waals surface area contributed by atoms with Crippen molar-refractivity contribution in [2.75, 3.05) is 13.7 Å². The average Bonchev–Trinajstić information content (AvgIpc) is 2.86. The fourth-order valence-corrected chi connectivity index (χ4v) is 4.06. The maximum absolute atomic E-state index is 13.4. The Hall–Kier alpha value is -3.23. The van der Waals surface area contributed by atoms with Gasteiger partial charge in [-0.15, -0.1) is 0 Å². The van der Waals surface area contributed by atoms with Crippen LogP contribution in [0.15, 0.2) is 60.7 Å². The zero-order valence-corrected chi connectivity index (χ0v) is 21.6. The summed E-state index contributed by atoms with van der Waals surface area (Å²) >= 11 is 0. The van der Waals surface area contributed by atoms with Crippen LogP contribution in [0.3, 0.4) is 0 Å². The van der Waals surface area contributed by atoms with Crippen molar-refractivity contribution < 1.29 is 24.3 Å². The SMILES string of the molecule is COC[C@H](NC(=O)[C@@H](NC(=O)[C@H](CCCc1ccccc1)CC(=O)NO)C(C)(C)C)c1ccccc1. The van der Waals surface area contributed by atoms with E-state index >= 15 is 0 Å². The summed E-state index contributed by atoms with van der Waals surface area (Å²) in [5.41, 5.74) is 3.05. The molecule has 0 aliphatic carbocycles. The molecule has 0 radical (unpaired) electrons. The molecule has 0 aliphatic rings. The smallest absolute Gasteiger partial charge is 0.244 e. The zero-order chi connectivity index (χ0) is 26.6. The molecule has 2 aromatic rings. The van der Waals surface area contributed by atoms with E-state index in [1.54, 1.807) is 12.6 Å². The number of benzene rings is 2. The lowest BCUT2D eigenvalue weighted by molar-refractivity contribution is -0.137. The van der Waals surface area contributed by atoms with Crippen LogP contribution in [0.2, 0.25) is 0 Å². The molecular weight excluding hydrogens is 458 g/mol. The van der Waals surface area contributed by atoms with Crippen molar-refractivity contribution in [3.63, 3.8) is 0 Å². The molecule has 0 heterocycles. The van der Waals surface area contributed by atoms with Crippen molar-refractivity contribution in [1.82, 2.24) is 16.1 Å². The molecule has 3 atom stereocenters. The lowest BCUT2D eigenvalue weighted by Crippen LogP contribution is -2.55. The van der Waals surface area contributed by atoms with E-state index in [4.69, 9.17) is 9.94 Å². The summed E-state index contributed by atoms with van der Waals surface area (Å²) in [4.78, 5) is 38.6. The molecule has 8 heteroatoms. The number of methoxy groups -OCH3 is 1. The number of amides is 3. The van der Waals surface area contributed by atoms with Crippen molar-refractivity contribution in [1.29, 1.82) is 0 Å². The van der Waals surface area contributed by atoms with Gasteiger partial charge in [-0.2, -0.15) is 0 Å². The summed E-state index contributed by atoms with van der Waals surface area (Å²) < 4.78 is 5.31. The van der Waals surface area contributed by atoms with Gasteiger partial charge in [0.25, 0.3) is 0 Å². The second-order valence-electron chi connectivity index (χ2n) is 10.0. The van der Waals surface area contributed by atoms with Crippen LogP contribution in [0, 0.1) is 11.3 Å². The fourth-order valence-electron chi connectivity index (χ4n) is 4.06. The topological polar surface area (TPSA) is 117 Å². The van der Waals surface area contributed by atoms with Crippen LogP contribution in [0.5, 0.6) is 0 Å². The van der Waals surface area contributed by atoms with Crippen LogP contribution in [0.1, 0.15) is 57.2 Å². The number of hydrogen-bond acceptors (Lipinski definition) is 5. The first-order chi connectivity index (χ1) is 17.2. The third kappa shape index (κ3) is 9.43. The molecule has 0 saturated carbocycles. The van der Waals surface area contributed by atoms with E-state index in [-0.39, 0.29) is 25.0 Å². The minimum Gasteiger partial charge on any atom is -0.382 e. The van der Waals surface area contributed by atoms with Gasteiger partial charge < -0.3 is 15.4 Å². The van der Waals surface area contributed by atoms with E-state index < -0.39 is 29.2 Å². The third-order valence-electron chi connectivity index (χ3n) is 6.05. The summed E-state index contributed by atoms with van der Waals surface area (Å²) in [6, 6.07) is 18.1. The highest BCUT2D eigenvalue weighted by Crippen LogP contribution is 2.23. The molecule has 0 bridgehead atoms. The van der Waals surface area contributed by atoms with Gasteiger partial charge in [0, 0.05) is 19.4 Å².